The predicted octanol–water partition coefficient (Wildman–Crippen LogP) is 4.08. The van der Waals surface area contributed by atoms with Crippen LogP contribution in [0.4, 0.5) is 10.2 Å². The summed E-state index contributed by atoms with van der Waals surface area (Å²) < 4.78 is 23.1. The fourth-order valence-corrected chi connectivity index (χ4v) is 5.84. The Morgan fingerprint density at radius 1 is 1.16 bits per heavy atom. The monoisotopic (exact) mass is 596 g/mol. The number of aromatic nitrogens is 4. The van der Waals surface area contributed by atoms with E-state index in [0.717, 1.165) is 0 Å². The van der Waals surface area contributed by atoms with E-state index < -0.39 is 17.5 Å². The smallest absolute Gasteiger partial charge is 0.264 e. The normalized spacial score (nSPS) is 18.2. The van der Waals surface area contributed by atoms with Crippen LogP contribution in [0.3, 0.4) is 0 Å². The van der Waals surface area contributed by atoms with Crippen molar-refractivity contribution in [1.29, 1.82) is 5.26 Å². The van der Waals surface area contributed by atoms with Gasteiger partial charge in [-0.1, -0.05) is 18.2 Å². The third-order valence-electron chi connectivity index (χ3n) is 8.25. The number of amides is 1. The molecular weight excluding hydrogens is 563 g/mol. The van der Waals surface area contributed by atoms with E-state index in [2.05, 4.69) is 16.0 Å². The first kappa shape index (κ1) is 29.2. The van der Waals surface area contributed by atoms with Gasteiger partial charge in [0.25, 0.3) is 5.91 Å². The van der Waals surface area contributed by atoms with Gasteiger partial charge >= 0.3 is 0 Å². The van der Waals surface area contributed by atoms with Crippen LogP contribution in [0.15, 0.2) is 66.5 Å². The number of hydrogen-bond donors (Lipinski definition) is 2. The van der Waals surface area contributed by atoms with Gasteiger partial charge in [-0.25, -0.2) is 19.0 Å². The SMILES string of the molecule is CC(C)(C=C(C#N)C(=O)N1CCC[C@H](n2nc(-c3ccc(Oc4ccccc4)cc3F)c3c(N)ncnc32)C1)N1CC(O)C1. The number of para-hydroxylation sites is 1. The molecule has 44 heavy (non-hydrogen) atoms. The fourth-order valence-electron chi connectivity index (χ4n) is 5.84. The molecule has 2 fully saturated rings. The first-order valence-electron chi connectivity index (χ1n) is 14.5. The van der Waals surface area contributed by atoms with Gasteiger partial charge in [0.2, 0.25) is 0 Å². The Morgan fingerprint density at radius 3 is 2.64 bits per heavy atom. The standard InChI is InChI=1S/C32H33FN8O3/c1-32(2,40-17-22(42)18-40)14-20(15-34)31(43)39-12-6-7-21(16-39)41-30-27(29(35)36-19-37-30)28(38-41)25-11-10-24(13-26(25)33)44-23-8-4-3-5-9-23/h3-5,8-11,13-14,19,21-22,42H,6-7,12,16-18H2,1-2H3,(H2,35,36,37)/t21-/m0/s1. The van der Waals surface area contributed by atoms with Gasteiger partial charge < -0.3 is 20.5 Å². The summed E-state index contributed by atoms with van der Waals surface area (Å²) in [7, 11) is 0. The van der Waals surface area contributed by atoms with Crippen LogP contribution in [0.1, 0.15) is 32.7 Å². The number of carbonyl (C=O) groups excluding carboxylic acids is 1. The zero-order valence-electron chi connectivity index (χ0n) is 24.5. The van der Waals surface area contributed by atoms with Crippen molar-refractivity contribution >= 4 is 22.8 Å². The van der Waals surface area contributed by atoms with Crippen molar-refractivity contribution in [2.45, 2.75) is 44.4 Å². The zero-order valence-corrected chi connectivity index (χ0v) is 24.5. The van der Waals surface area contributed by atoms with Crippen LogP contribution in [0.2, 0.25) is 0 Å². The Bertz CT molecular complexity index is 1780. The van der Waals surface area contributed by atoms with E-state index in [4.69, 9.17) is 15.6 Å². The highest BCUT2D eigenvalue weighted by Crippen LogP contribution is 2.36. The number of hydrogen-bond acceptors (Lipinski definition) is 9. The van der Waals surface area contributed by atoms with Crippen molar-refractivity contribution in [2.24, 2.45) is 0 Å². The zero-order chi connectivity index (χ0) is 31.0. The number of piperidine rings is 1. The highest BCUT2D eigenvalue weighted by molar-refractivity contribution is 5.99. The molecule has 0 spiro atoms. The molecule has 0 saturated carbocycles. The number of nitriles is 1. The first-order valence-corrected chi connectivity index (χ1v) is 14.5. The summed E-state index contributed by atoms with van der Waals surface area (Å²) in [5.74, 6) is 0.173. The molecule has 0 radical (unpaired) electrons. The van der Waals surface area contributed by atoms with Crippen molar-refractivity contribution in [1.82, 2.24) is 29.5 Å². The average Bonchev–Trinajstić information content (AvgIpc) is 3.39. The number of nitrogens with zero attached hydrogens (tertiary/aromatic N) is 7. The van der Waals surface area contributed by atoms with Gasteiger partial charge in [-0.2, -0.15) is 10.4 Å². The summed E-state index contributed by atoms with van der Waals surface area (Å²) in [6.07, 6.45) is 3.98. The first-order chi connectivity index (χ1) is 21.1. The minimum Gasteiger partial charge on any atom is -0.457 e. The van der Waals surface area contributed by atoms with Gasteiger partial charge in [0.05, 0.1) is 17.5 Å². The molecular formula is C32H33FN8O3. The van der Waals surface area contributed by atoms with Crippen LogP contribution in [-0.4, -0.2) is 78.4 Å². The number of anilines is 1. The van der Waals surface area contributed by atoms with Gasteiger partial charge in [-0.3, -0.25) is 9.69 Å². The summed E-state index contributed by atoms with van der Waals surface area (Å²) >= 11 is 0. The number of benzene rings is 2. The second kappa shape index (κ2) is 11.7. The number of aliphatic hydroxyl groups is 1. The molecule has 226 valence electrons. The Kier molecular flexibility index (Phi) is 7.75. The van der Waals surface area contributed by atoms with Gasteiger partial charge in [0, 0.05) is 43.3 Å². The maximum Gasteiger partial charge on any atom is 0.264 e. The van der Waals surface area contributed by atoms with Crippen LogP contribution < -0.4 is 10.5 Å². The Hall–Kier alpha value is -4.86. The van der Waals surface area contributed by atoms with Crippen molar-refractivity contribution in [2.75, 3.05) is 31.9 Å². The number of nitrogen functional groups attached to an aromatic ring is 1. The van der Waals surface area contributed by atoms with Gasteiger partial charge in [0.15, 0.2) is 5.65 Å². The largest absolute Gasteiger partial charge is 0.457 e. The van der Waals surface area contributed by atoms with Crippen LogP contribution >= 0.6 is 0 Å². The third-order valence-corrected chi connectivity index (χ3v) is 8.25. The van der Waals surface area contributed by atoms with E-state index in [0.29, 0.717) is 60.7 Å². The van der Waals surface area contributed by atoms with Gasteiger partial charge in [-0.15, -0.1) is 0 Å². The number of ether oxygens (including phenoxy) is 1. The molecule has 4 heterocycles. The molecule has 3 N–H and O–H groups in total. The lowest BCUT2D eigenvalue weighted by molar-refractivity contribution is -0.128. The van der Waals surface area contributed by atoms with E-state index in [9.17, 15) is 15.2 Å². The molecule has 2 saturated heterocycles. The van der Waals surface area contributed by atoms with Crippen LogP contribution in [0, 0.1) is 17.1 Å². The minimum absolute atomic E-state index is 0.0505. The second-order valence-electron chi connectivity index (χ2n) is 11.7. The van der Waals surface area contributed by atoms with Crippen molar-refractivity contribution in [3.8, 4) is 28.8 Å². The molecule has 6 rings (SSSR count). The summed E-state index contributed by atoms with van der Waals surface area (Å²) in [6, 6.07) is 15.4. The topological polar surface area (TPSA) is 146 Å². The van der Waals surface area contributed by atoms with Crippen LogP contribution in [0.25, 0.3) is 22.3 Å². The Morgan fingerprint density at radius 2 is 1.93 bits per heavy atom. The summed E-state index contributed by atoms with van der Waals surface area (Å²) in [4.78, 5) is 25.8. The summed E-state index contributed by atoms with van der Waals surface area (Å²) in [5, 5.41) is 24.8. The summed E-state index contributed by atoms with van der Waals surface area (Å²) in [5.41, 5.74) is 6.71. The lowest BCUT2D eigenvalue weighted by Crippen LogP contribution is -2.59. The summed E-state index contributed by atoms with van der Waals surface area (Å²) in [6.45, 7) is 5.59. The molecule has 0 bridgehead atoms. The molecule has 1 amide bonds. The van der Waals surface area contributed by atoms with Crippen molar-refractivity contribution < 1.29 is 19.0 Å². The highest BCUT2D eigenvalue weighted by Gasteiger charge is 2.37. The van der Waals surface area contributed by atoms with E-state index in [-0.39, 0.29) is 35.4 Å². The number of carbonyl (C=O) groups is 1. The predicted molar refractivity (Wildman–Crippen MR) is 162 cm³/mol. The molecule has 2 aromatic carbocycles. The molecule has 2 aliphatic rings. The molecule has 2 aliphatic heterocycles. The van der Waals surface area contributed by atoms with Gasteiger partial charge in [0.1, 0.15) is 46.8 Å². The lowest BCUT2D eigenvalue weighted by atomic mass is 9.93. The van der Waals surface area contributed by atoms with Crippen LogP contribution in [-0.2, 0) is 4.79 Å². The maximum absolute atomic E-state index is 15.6. The maximum atomic E-state index is 15.6. The Labute approximate surface area is 254 Å². The average molecular weight is 597 g/mol. The van der Waals surface area contributed by atoms with E-state index in [1.807, 2.05) is 36.9 Å². The highest BCUT2D eigenvalue weighted by atomic mass is 19.1. The van der Waals surface area contributed by atoms with Crippen molar-refractivity contribution in [3.05, 3.63) is 72.3 Å². The molecule has 2 aromatic heterocycles. The second-order valence-corrected chi connectivity index (χ2v) is 11.7. The number of aliphatic hydroxyl groups excluding tert-OH is 1. The van der Waals surface area contributed by atoms with Crippen molar-refractivity contribution in [3.63, 3.8) is 0 Å². The number of β-amino-alcohol motifs (C(OH)–C–C–N with tert-alkyl or cyclic N) is 1. The molecule has 1 atom stereocenters. The quantitative estimate of drug-likeness (QED) is 0.238. The van der Waals surface area contributed by atoms with Crippen LogP contribution in [0.5, 0.6) is 11.5 Å². The number of nitrogens with two attached hydrogens (primary N) is 1. The number of halogens is 1. The fraction of sp³-hybridized carbons (Fsp3) is 0.344. The molecule has 4 aromatic rings. The number of fused-ring (bicyclic) bond motifs is 1. The van der Waals surface area contributed by atoms with E-state index in [1.165, 1.54) is 12.4 Å². The van der Waals surface area contributed by atoms with Gasteiger partial charge in [-0.05, 0) is 57.0 Å². The lowest BCUT2D eigenvalue weighted by Gasteiger charge is -2.46. The molecule has 0 aliphatic carbocycles. The third kappa shape index (κ3) is 5.59. The molecule has 11 nitrogen and oxygen atoms in total. The molecule has 12 heteroatoms. The minimum atomic E-state index is -0.567. The molecule has 0 unspecified atom stereocenters. The van der Waals surface area contributed by atoms with E-state index in [1.54, 1.807) is 39.9 Å². The Balaban J connectivity index is 1.29. The number of likely N-dealkylation sites (tertiary alicyclic amines) is 2. The number of rotatable bonds is 7. The van der Waals surface area contributed by atoms with E-state index >= 15 is 4.39 Å².